The Balaban J connectivity index is 1.24. The molecule has 3 aliphatic heterocycles. The Morgan fingerprint density at radius 1 is 0.631 bits per heavy atom. The molecule has 3 heterocycles. The summed E-state index contributed by atoms with van der Waals surface area (Å²) >= 11 is 0. The molecule has 0 radical (unpaired) electrons. The van der Waals surface area contributed by atoms with E-state index in [0.29, 0.717) is 62.0 Å². The molecule has 10 atom stereocenters. The van der Waals surface area contributed by atoms with Gasteiger partial charge in [0.2, 0.25) is 70.9 Å². The molecule has 3 saturated carbocycles. The molecular formula is C76H101F11N12O12. The van der Waals surface area contributed by atoms with Crippen LogP contribution >= 0.6 is 0 Å². The smallest absolute Gasteiger partial charge is 0.347 e. The van der Waals surface area contributed by atoms with E-state index in [-0.39, 0.29) is 68.7 Å². The zero-order chi connectivity index (χ0) is 82.3. The normalized spacial score (nSPS) is 26.7. The van der Waals surface area contributed by atoms with Crippen LogP contribution in [0.3, 0.4) is 0 Å². The highest BCUT2D eigenvalue weighted by atomic mass is 19.4. The molecule has 35 heteroatoms. The lowest BCUT2D eigenvalue weighted by atomic mass is 9.74. The summed E-state index contributed by atoms with van der Waals surface area (Å²) in [5.74, 6) is -19.7. The van der Waals surface area contributed by atoms with Crippen LogP contribution in [0.5, 0.6) is 0 Å². The molecule has 0 unspecified atom stereocenters. The van der Waals surface area contributed by atoms with Crippen LogP contribution in [0, 0.1) is 35.3 Å². The monoisotopic (exact) mass is 1580 g/mol. The summed E-state index contributed by atoms with van der Waals surface area (Å²) < 4.78 is 159. The molecule has 12 amide bonds. The summed E-state index contributed by atoms with van der Waals surface area (Å²) in [5.41, 5.74) is -5.87. The van der Waals surface area contributed by atoms with Crippen molar-refractivity contribution in [3.8, 4) is 0 Å². The number of nitrogens with zero attached hydrogens (tertiary/aromatic N) is 9. The number of alkyl halides is 9. The molecule has 0 aromatic heterocycles. The molecule has 24 nitrogen and oxygen atoms in total. The molecule has 5 fully saturated rings. The molecule has 3 aliphatic carbocycles. The minimum Gasteiger partial charge on any atom is -0.347 e. The van der Waals surface area contributed by atoms with Gasteiger partial charge in [-0.1, -0.05) is 83.1 Å². The second-order valence-electron chi connectivity index (χ2n) is 30.9. The average Bonchev–Trinajstić information content (AvgIpc) is 1.52. The van der Waals surface area contributed by atoms with Gasteiger partial charge >= 0.3 is 18.5 Å². The van der Waals surface area contributed by atoms with Crippen LogP contribution in [-0.2, 0) is 82.7 Å². The van der Waals surface area contributed by atoms with Crippen molar-refractivity contribution in [3.63, 3.8) is 0 Å². The van der Waals surface area contributed by atoms with E-state index in [9.17, 15) is 45.5 Å². The molecule has 1 spiro atoms. The van der Waals surface area contributed by atoms with E-state index < -0.39 is 241 Å². The third kappa shape index (κ3) is 20.7. The van der Waals surface area contributed by atoms with Crippen molar-refractivity contribution in [3.05, 3.63) is 82.4 Å². The Kier molecular flexibility index (Phi) is 28.6. The minimum absolute atomic E-state index is 0.0357. The summed E-state index contributed by atoms with van der Waals surface area (Å²) in [6, 6.07) is -9.14. The van der Waals surface area contributed by atoms with Crippen LogP contribution in [-0.4, -0.2) is 258 Å². The Morgan fingerprint density at radius 2 is 1.23 bits per heavy atom. The number of hydrogen-bond donors (Lipinski definition) is 3. The van der Waals surface area contributed by atoms with Crippen molar-refractivity contribution in [1.82, 2.24) is 60.0 Å². The Morgan fingerprint density at radius 3 is 1.79 bits per heavy atom. The van der Waals surface area contributed by atoms with Gasteiger partial charge in [-0.25, -0.2) is 8.78 Å². The standard InChI is InChI=1S/C76H101F11N12O12/c1-11-43(2)62-70(109)93(6)42-60(102)94(7)53-24-13-12-18-33-98(69(53)108)57(37-45-25-28-48(29-26-45)74(79,80)81)68(107)92(5)41-58(100)88-52(30-27-46-34-50(77)61(51(78)35-46)76(85,86)87)66(105)99-40-49(75(82,83)84)38-55(99)65(104)90-73(31-19-32-73)72(111)97(10)63(47-22-16-17-23-47)71(110)96(9)56(67(106)91(3)4)39-59(101)95(8)54(64(103)89-62)36-44-20-14-15-21-44/h12-13,25-26,28-29,34-35,43-44,47,49,52-57,62-63H,11,14-24,27,30-33,36-42H2,1-10H3,(H,88,100)(H,89,103)(H,90,104)/b13-12-/t43-,49+,52-,53-,54-,55-,56-,57-,62-,63-/m0/s1. The van der Waals surface area contributed by atoms with Gasteiger partial charge in [-0.3, -0.25) is 57.5 Å². The van der Waals surface area contributed by atoms with E-state index in [4.69, 9.17) is 0 Å². The molecule has 2 aromatic carbocycles. The van der Waals surface area contributed by atoms with Gasteiger partial charge in [-0.15, -0.1) is 0 Å². The van der Waals surface area contributed by atoms with Crippen LogP contribution in [0.25, 0.3) is 0 Å². The van der Waals surface area contributed by atoms with Gasteiger partial charge in [0.15, 0.2) is 0 Å². The second kappa shape index (κ2) is 36.2. The number of aryl methyl sites for hydroxylation is 1. The van der Waals surface area contributed by atoms with Gasteiger partial charge in [0.1, 0.15) is 71.1 Å². The molecule has 2 saturated heterocycles. The second-order valence-corrected chi connectivity index (χ2v) is 30.9. The quantitative estimate of drug-likeness (QED) is 0.151. The topological polar surface area (TPSA) is 270 Å². The summed E-state index contributed by atoms with van der Waals surface area (Å²) in [5, 5.41) is 7.78. The van der Waals surface area contributed by atoms with E-state index in [0.717, 1.165) is 71.2 Å². The number of carbonyl (C=O) groups is 12. The SMILES string of the molecule is CC[C@H](C)[C@@H]1NC(=O)[C@H](CC2CCCC2)N(C)C(=O)C[C@@H](C(=O)N(C)C)N(C)C(=O)[C@H](C2CCCC2)N(C)C(=O)C2(CCC2)NC(=O)[C@@H]2C[C@@H](C(F)(F)F)CN2C(=O)[C@H](CCc2cc(F)c(C(F)(F)F)c(F)c2)NC(=O)CN(C)C(=O)[C@H](Cc2ccc(C(F)(F)F)cc2)N2CC/C=C\C[C@@H](C2=O)N(C)C(=O)CN(C)C1=O. The molecule has 2 aromatic rings. The summed E-state index contributed by atoms with van der Waals surface area (Å²) in [4.78, 5) is 189. The van der Waals surface area contributed by atoms with Crippen LogP contribution in [0.15, 0.2) is 48.6 Å². The fraction of sp³-hybridized carbons (Fsp3) is 0.658. The molecule has 614 valence electrons. The molecule has 6 aliphatic rings. The van der Waals surface area contributed by atoms with Gasteiger partial charge < -0.3 is 60.0 Å². The zero-order valence-electron chi connectivity index (χ0n) is 64.1. The van der Waals surface area contributed by atoms with Crippen LogP contribution in [0.1, 0.15) is 152 Å². The molecule has 3 N–H and O–H groups in total. The lowest BCUT2D eigenvalue weighted by Gasteiger charge is -2.46. The Labute approximate surface area is 637 Å². The van der Waals surface area contributed by atoms with E-state index in [1.807, 2.05) is 0 Å². The largest absolute Gasteiger partial charge is 0.422 e. The molecule has 8 rings (SSSR count). The van der Waals surface area contributed by atoms with Crippen molar-refractivity contribution in [2.24, 2.45) is 23.7 Å². The third-order valence-electron chi connectivity index (χ3n) is 23.2. The average molecular weight is 1580 g/mol. The first-order valence-electron chi connectivity index (χ1n) is 37.6. The number of rotatable bonds is 11. The zero-order valence-corrected chi connectivity index (χ0v) is 64.1. The maximum absolute atomic E-state index is 15.5. The number of carbonyl (C=O) groups excluding carboxylic acids is 12. The fourth-order valence-electron chi connectivity index (χ4n) is 16.1. The Bertz CT molecular complexity index is 3780. The van der Waals surface area contributed by atoms with Gasteiger partial charge in [0.25, 0.3) is 0 Å². The fourth-order valence-corrected chi connectivity index (χ4v) is 16.1. The highest BCUT2D eigenvalue weighted by Crippen LogP contribution is 2.42. The molecule has 2 bridgehead atoms. The summed E-state index contributed by atoms with van der Waals surface area (Å²) in [7, 11) is 10.2. The van der Waals surface area contributed by atoms with Crippen LogP contribution in [0.4, 0.5) is 48.3 Å². The number of nitrogens with one attached hydrogen (secondary N) is 3. The number of amides is 12. The summed E-state index contributed by atoms with van der Waals surface area (Å²) in [6.07, 6.45) is -11.4. The highest BCUT2D eigenvalue weighted by Gasteiger charge is 2.56. The first-order valence-corrected chi connectivity index (χ1v) is 37.6. The Hall–Kier alpha value is -8.95. The highest BCUT2D eigenvalue weighted by molar-refractivity contribution is 6.01. The maximum atomic E-state index is 15.5. The first kappa shape index (κ1) is 87.6. The minimum atomic E-state index is -5.54. The van der Waals surface area contributed by atoms with E-state index >= 15 is 60.3 Å². The van der Waals surface area contributed by atoms with E-state index in [1.54, 1.807) is 26.0 Å². The predicted octanol–water partition coefficient (Wildman–Crippen LogP) is 7.05. The van der Waals surface area contributed by atoms with Crippen LogP contribution < -0.4 is 16.0 Å². The number of fused-ring (bicyclic) bond motifs is 3. The van der Waals surface area contributed by atoms with Crippen LogP contribution in [0.2, 0.25) is 0 Å². The lowest BCUT2D eigenvalue weighted by molar-refractivity contribution is -0.171. The van der Waals surface area contributed by atoms with Crippen molar-refractivity contribution in [2.45, 2.75) is 215 Å². The number of halogens is 11. The van der Waals surface area contributed by atoms with Crippen molar-refractivity contribution in [1.29, 1.82) is 0 Å². The number of hydrogen-bond acceptors (Lipinski definition) is 12. The molecule has 111 heavy (non-hydrogen) atoms. The van der Waals surface area contributed by atoms with Gasteiger partial charge in [-0.05, 0) is 124 Å². The van der Waals surface area contributed by atoms with Crippen molar-refractivity contribution >= 4 is 70.9 Å². The predicted molar refractivity (Wildman–Crippen MR) is 380 cm³/mol. The van der Waals surface area contributed by atoms with E-state index in [2.05, 4.69) is 16.0 Å². The van der Waals surface area contributed by atoms with Gasteiger partial charge in [0, 0.05) is 75.9 Å². The third-order valence-corrected chi connectivity index (χ3v) is 23.2. The maximum Gasteiger partial charge on any atom is 0.422 e. The number of likely N-dealkylation sites (N-methyl/N-ethyl adjacent to an activating group) is 7. The van der Waals surface area contributed by atoms with Gasteiger partial charge in [0.05, 0.1) is 31.0 Å². The first-order chi connectivity index (χ1) is 51.9. The van der Waals surface area contributed by atoms with Crippen molar-refractivity contribution in [2.75, 3.05) is 82.6 Å². The number of benzene rings is 2. The van der Waals surface area contributed by atoms with E-state index in [1.165, 1.54) is 49.3 Å². The summed E-state index contributed by atoms with van der Waals surface area (Å²) in [6.45, 7) is -0.0127. The lowest BCUT2D eigenvalue weighted by Crippen LogP contribution is -2.68. The van der Waals surface area contributed by atoms with Crippen molar-refractivity contribution < 1.29 is 106 Å². The molecular weight excluding hydrogens is 1480 g/mol. The van der Waals surface area contributed by atoms with Gasteiger partial charge in [-0.2, -0.15) is 39.5 Å².